The molecule has 2 heterocycles. The van der Waals surface area contributed by atoms with Gasteiger partial charge in [-0.1, -0.05) is 62.4 Å². The Balaban J connectivity index is 1.40. The van der Waals surface area contributed by atoms with Gasteiger partial charge in [-0.2, -0.15) is 0 Å². The van der Waals surface area contributed by atoms with Gasteiger partial charge in [0, 0.05) is 16.8 Å². The zero-order valence-electron chi connectivity index (χ0n) is 22.8. The Hall–Kier alpha value is -4.08. The van der Waals surface area contributed by atoms with E-state index in [4.69, 9.17) is 9.47 Å². The molecule has 0 saturated carbocycles. The van der Waals surface area contributed by atoms with E-state index in [-0.39, 0.29) is 24.9 Å². The number of carbonyl (C=O) groups is 3. The van der Waals surface area contributed by atoms with E-state index in [0.717, 1.165) is 15.6 Å². The normalized spacial score (nSPS) is 12.6. The van der Waals surface area contributed by atoms with E-state index in [1.54, 1.807) is 18.3 Å². The highest BCUT2D eigenvalue weighted by molar-refractivity contribution is 7.20. The number of benzene rings is 2. The van der Waals surface area contributed by atoms with Crippen LogP contribution < -0.4 is 10.6 Å². The van der Waals surface area contributed by atoms with Crippen LogP contribution in [0.1, 0.15) is 41.2 Å². The molecule has 0 saturated heterocycles. The number of pyridine rings is 1. The molecule has 4 rings (SSSR count). The van der Waals surface area contributed by atoms with Gasteiger partial charge in [-0.05, 0) is 47.6 Å². The molecule has 0 bridgehead atoms. The van der Waals surface area contributed by atoms with E-state index in [0.29, 0.717) is 22.7 Å². The Kier molecular flexibility index (Phi) is 9.99. The number of carbonyl (C=O) groups excluding carboxylic acids is 3. The second-order valence-electron chi connectivity index (χ2n) is 9.86. The summed E-state index contributed by atoms with van der Waals surface area (Å²) >= 11 is 1.43. The van der Waals surface area contributed by atoms with Gasteiger partial charge >= 0.3 is 11.9 Å². The van der Waals surface area contributed by atoms with Crippen molar-refractivity contribution in [2.45, 2.75) is 45.4 Å². The summed E-state index contributed by atoms with van der Waals surface area (Å²) in [5.41, 5.74) is 2.02. The fraction of sp³-hybridized carbons (Fsp3) is 0.290. The molecule has 40 heavy (non-hydrogen) atoms. The lowest BCUT2D eigenvalue weighted by Gasteiger charge is -2.24. The number of amides is 1. The molecule has 1 unspecified atom stereocenters. The molecular formula is C31H33N3O5S. The number of aromatic nitrogens is 1. The first kappa shape index (κ1) is 28.9. The Morgan fingerprint density at radius 2 is 1.68 bits per heavy atom. The van der Waals surface area contributed by atoms with Crippen molar-refractivity contribution in [1.29, 1.82) is 0 Å². The van der Waals surface area contributed by atoms with Gasteiger partial charge in [-0.25, -0.2) is 0 Å². The van der Waals surface area contributed by atoms with Gasteiger partial charge in [0.15, 0.2) is 0 Å². The number of hydrogen-bond acceptors (Lipinski definition) is 8. The number of esters is 2. The molecule has 2 aromatic carbocycles. The maximum absolute atomic E-state index is 13.0. The topological polar surface area (TPSA) is 107 Å². The lowest BCUT2D eigenvalue weighted by molar-refractivity contribution is -0.149. The Labute approximate surface area is 237 Å². The van der Waals surface area contributed by atoms with Gasteiger partial charge in [0.1, 0.15) is 18.7 Å². The van der Waals surface area contributed by atoms with Crippen LogP contribution in [0, 0.1) is 5.92 Å². The van der Waals surface area contributed by atoms with Crippen molar-refractivity contribution in [3.05, 3.63) is 95.1 Å². The number of nitrogens with zero attached hydrogens (tertiary/aromatic N) is 1. The summed E-state index contributed by atoms with van der Waals surface area (Å²) in [4.78, 5) is 43.4. The summed E-state index contributed by atoms with van der Waals surface area (Å²) in [6.45, 7) is 4.15. The molecule has 2 atom stereocenters. The smallest absolute Gasteiger partial charge is 0.323 e. The molecular weight excluding hydrogens is 526 g/mol. The first-order valence-corrected chi connectivity index (χ1v) is 13.9. The van der Waals surface area contributed by atoms with Gasteiger partial charge in [0.05, 0.1) is 23.9 Å². The maximum Gasteiger partial charge on any atom is 0.323 e. The number of thiophene rings is 1. The van der Waals surface area contributed by atoms with Crippen molar-refractivity contribution in [3.8, 4) is 0 Å². The molecule has 0 radical (unpaired) electrons. The first-order valence-electron chi connectivity index (χ1n) is 13.1. The third-order valence-corrected chi connectivity index (χ3v) is 7.36. The molecule has 2 aromatic heterocycles. The lowest BCUT2D eigenvalue weighted by atomic mass is 10.0. The standard InChI is InChI=1S/C31H33N3O5S/c1-20(2)15-25(31(37)39-19-21-9-5-4-6-10-21)34-26(30(36)38-3)17-23-13-14-24(18-32-23)33-29(35)28-16-22-11-7-8-12-27(22)40-28/h4-14,16,18,20,25-26,34H,15,17,19H2,1-3H3,(H,33,35)/t25-,26?/m0/s1. The quantitative estimate of drug-likeness (QED) is 0.225. The molecule has 208 valence electrons. The van der Waals surface area contributed by atoms with E-state index in [2.05, 4.69) is 15.6 Å². The molecule has 2 N–H and O–H groups in total. The fourth-order valence-corrected chi connectivity index (χ4v) is 5.20. The van der Waals surface area contributed by atoms with E-state index < -0.39 is 24.0 Å². The third kappa shape index (κ3) is 7.97. The molecule has 9 heteroatoms. The largest absolute Gasteiger partial charge is 0.468 e. The van der Waals surface area contributed by atoms with Gasteiger partial charge in [0.25, 0.3) is 5.91 Å². The van der Waals surface area contributed by atoms with Gasteiger partial charge in [-0.15, -0.1) is 11.3 Å². The van der Waals surface area contributed by atoms with Gasteiger partial charge in [-0.3, -0.25) is 24.7 Å². The van der Waals surface area contributed by atoms with Crippen LogP contribution in [0.4, 0.5) is 5.69 Å². The third-order valence-electron chi connectivity index (χ3n) is 6.25. The van der Waals surface area contributed by atoms with Crippen molar-refractivity contribution in [3.63, 3.8) is 0 Å². The second-order valence-corrected chi connectivity index (χ2v) is 10.9. The van der Waals surface area contributed by atoms with Crippen LogP contribution in [-0.2, 0) is 32.1 Å². The van der Waals surface area contributed by atoms with E-state index >= 15 is 0 Å². The zero-order valence-corrected chi connectivity index (χ0v) is 23.6. The van der Waals surface area contributed by atoms with E-state index in [1.807, 2.05) is 74.5 Å². The highest BCUT2D eigenvalue weighted by atomic mass is 32.1. The summed E-state index contributed by atoms with van der Waals surface area (Å²) in [5.74, 6) is -0.968. The molecule has 8 nitrogen and oxygen atoms in total. The van der Waals surface area contributed by atoms with Gasteiger partial charge < -0.3 is 14.8 Å². The fourth-order valence-electron chi connectivity index (χ4n) is 4.24. The first-order chi connectivity index (χ1) is 19.3. The molecule has 0 aliphatic carbocycles. The number of hydrogen-bond donors (Lipinski definition) is 2. The summed E-state index contributed by atoms with van der Waals surface area (Å²) in [5, 5.41) is 7.04. The SMILES string of the molecule is COC(=O)C(Cc1ccc(NC(=O)c2cc3ccccc3s2)cn1)N[C@@H](CC(C)C)C(=O)OCc1ccccc1. The van der Waals surface area contributed by atoms with Crippen molar-refractivity contribution in [2.75, 3.05) is 12.4 Å². The number of methoxy groups -OCH3 is 1. The van der Waals surface area contributed by atoms with Crippen molar-refractivity contribution >= 4 is 45.0 Å². The summed E-state index contributed by atoms with van der Waals surface area (Å²) < 4.78 is 11.6. The zero-order chi connectivity index (χ0) is 28.5. The monoisotopic (exact) mass is 559 g/mol. The number of ether oxygens (including phenoxy) is 2. The van der Waals surface area contributed by atoms with Crippen LogP contribution >= 0.6 is 11.3 Å². The summed E-state index contributed by atoms with van der Waals surface area (Å²) in [6.07, 6.45) is 2.23. The average molecular weight is 560 g/mol. The van der Waals surface area contributed by atoms with E-state index in [1.165, 1.54) is 18.4 Å². The molecule has 0 fully saturated rings. The summed E-state index contributed by atoms with van der Waals surface area (Å²) in [7, 11) is 1.31. The van der Waals surface area contributed by atoms with Crippen molar-refractivity contribution < 1.29 is 23.9 Å². The molecule has 0 aliphatic rings. The Morgan fingerprint density at radius 3 is 2.35 bits per heavy atom. The lowest BCUT2D eigenvalue weighted by Crippen LogP contribution is -2.49. The minimum atomic E-state index is -0.815. The minimum Gasteiger partial charge on any atom is -0.468 e. The number of nitrogens with one attached hydrogen (secondary N) is 2. The average Bonchev–Trinajstić information content (AvgIpc) is 3.41. The van der Waals surface area contributed by atoms with Crippen LogP contribution in [0.3, 0.4) is 0 Å². The van der Waals surface area contributed by atoms with E-state index in [9.17, 15) is 14.4 Å². The van der Waals surface area contributed by atoms with Crippen LogP contribution in [-0.4, -0.2) is 42.0 Å². The summed E-state index contributed by atoms with van der Waals surface area (Å²) in [6, 6.07) is 21.1. The van der Waals surface area contributed by atoms with Crippen LogP contribution in [0.15, 0.2) is 79.0 Å². The number of fused-ring (bicyclic) bond motifs is 1. The Morgan fingerprint density at radius 1 is 0.925 bits per heavy atom. The van der Waals surface area contributed by atoms with Crippen LogP contribution in [0.5, 0.6) is 0 Å². The number of rotatable bonds is 12. The Bertz CT molecular complexity index is 1400. The molecule has 4 aromatic rings. The van der Waals surface area contributed by atoms with Crippen molar-refractivity contribution in [1.82, 2.24) is 10.3 Å². The van der Waals surface area contributed by atoms with Crippen molar-refractivity contribution in [2.24, 2.45) is 5.92 Å². The van der Waals surface area contributed by atoms with Crippen LogP contribution in [0.25, 0.3) is 10.1 Å². The maximum atomic E-state index is 13.0. The highest BCUT2D eigenvalue weighted by Crippen LogP contribution is 2.26. The van der Waals surface area contributed by atoms with Crippen LogP contribution in [0.2, 0.25) is 0 Å². The molecule has 1 amide bonds. The molecule has 0 aliphatic heterocycles. The van der Waals surface area contributed by atoms with Gasteiger partial charge in [0.2, 0.25) is 0 Å². The highest BCUT2D eigenvalue weighted by Gasteiger charge is 2.29. The molecule has 0 spiro atoms. The predicted molar refractivity (Wildman–Crippen MR) is 156 cm³/mol. The minimum absolute atomic E-state index is 0.148. The second kappa shape index (κ2) is 13.8. The predicted octanol–water partition coefficient (Wildman–Crippen LogP) is 5.38. The number of anilines is 1.